The Morgan fingerprint density at radius 2 is 1.68 bits per heavy atom. The molecule has 0 heterocycles. The van der Waals surface area contributed by atoms with Gasteiger partial charge >= 0.3 is 0 Å². The molecule has 0 fully saturated rings. The van der Waals surface area contributed by atoms with Crippen LogP contribution in [-0.2, 0) is 22.6 Å². The monoisotopic (exact) mass is 404 g/mol. The quantitative estimate of drug-likeness (QED) is 0.710. The van der Waals surface area contributed by atoms with Crippen LogP contribution in [0.2, 0.25) is 5.02 Å². The average Bonchev–Trinajstić information content (AvgIpc) is 2.68. The molecular weight excluding hydrogens is 379 g/mol. The van der Waals surface area contributed by atoms with Crippen LogP contribution in [0.3, 0.4) is 0 Å². The number of hydrogen-bond donors (Lipinski definition) is 1. The maximum atomic E-state index is 14.0. The minimum Gasteiger partial charge on any atom is -0.352 e. The SMILES string of the molecule is CC[C@@H](C)NC(=O)[C@@H](C)N(Cc1ccccc1Cl)C(=O)Cc1ccccc1F. The van der Waals surface area contributed by atoms with Crippen LogP contribution in [0.15, 0.2) is 48.5 Å². The van der Waals surface area contributed by atoms with E-state index in [1.54, 1.807) is 37.3 Å². The first-order valence-corrected chi connectivity index (χ1v) is 9.77. The number of nitrogens with zero attached hydrogens (tertiary/aromatic N) is 1. The summed E-state index contributed by atoms with van der Waals surface area (Å²) in [6.07, 6.45) is 0.657. The van der Waals surface area contributed by atoms with Crippen molar-refractivity contribution in [2.45, 2.75) is 52.2 Å². The molecule has 150 valence electrons. The number of carbonyl (C=O) groups excluding carboxylic acids is 2. The van der Waals surface area contributed by atoms with Crippen molar-refractivity contribution in [2.24, 2.45) is 0 Å². The molecule has 6 heteroatoms. The molecule has 0 saturated heterocycles. The second kappa shape index (κ2) is 10.2. The first-order valence-electron chi connectivity index (χ1n) is 9.40. The fourth-order valence-electron chi connectivity index (χ4n) is 2.76. The average molecular weight is 405 g/mol. The molecule has 2 rings (SSSR count). The highest BCUT2D eigenvalue weighted by Crippen LogP contribution is 2.20. The lowest BCUT2D eigenvalue weighted by Gasteiger charge is -2.30. The smallest absolute Gasteiger partial charge is 0.242 e. The Morgan fingerprint density at radius 1 is 1.07 bits per heavy atom. The van der Waals surface area contributed by atoms with Crippen LogP contribution >= 0.6 is 11.6 Å². The molecule has 0 radical (unpaired) electrons. The molecule has 0 aliphatic rings. The number of hydrogen-bond acceptors (Lipinski definition) is 2. The van der Waals surface area contributed by atoms with Crippen LogP contribution in [0.1, 0.15) is 38.3 Å². The lowest BCUT2D eigenvalue weighted by Crippen LogP contribution is -2.50. The van der Waals surface area contributed by atoms with E-state index in [0.717, 1.165) is 12.0 Å². The topological polar surface area (TPSA) is 49.4 Å². The van der Waals surface area contributed by atoms with E-state index >= 15 is 0 Å². The second-order valence-corrected chi connectivity index (χ2v) is 7.28. The summed E-state index contributed by atoms with van der Waals surface area (Å²) in [6.45, 7) is 5.72. The molecule has 0 aliphatic heterocycles. The largest absolute Gasteiger partial charge is 0.352 e. The summed E-state index contributed by atoms with van der Waals surface area (Å²) in [6, 6.07) is 12.6. The predicted molar refractivity (Wildman–Crippen MR) is 109 cm³/mol. The van der Waals surface area contributed by atoms with Crippen molar-refractivity contribution in [2.75, 3.05) is 0 Å². The predicted octanol–water partition coefficient (Wildman–Crippen LogP) is 4.35. The Morgan fingerprint density at radius 3 is 2.29 bits per heavy atom. The van der Waals surface area contributed by atoms with Gasteiger partial charge in [-0.1, -0.05) is 54.9 Å². The van der Waals surface area contributed by atoms with Gasteiger partial charge < -0.3 is 10.2 Å². The summed E-state index contributed by atoms with van der Waals surface area (Å²) in [4.78, 5) is 27.1. The van der Waals surface area contributed by atoms with Crippen LogP contribution < -0.4 is 5.32 Å². The standard InChI is InChI=1S/C22H26ClFN2O2/c1-4-15(2)25-22(28)16(3)26(14-18-10-5-7-11-19(18)23)21(27)13-17-9-6-8-12-20(17)24/h5-12,15-16H,4,13-14H2,1-3H3,(H,25,28)/t15-,16-/m1/s1. The van der Waals surface area contributed by atoms with Gasteiger partial charge in [-0.2, -0.15) is 0 Å². The van der Waals surface area contributed by atoms with Crippen LogP contribution in [0.25, 0.3) is 0 Å². The van der Waals surface area contributed by atoms with Gasteiger partial charge in [0.25, 0.3) is 0 Å². The van der Waals surface area contributed by atoms with E-state index in [2.05, 4.69) is 5.32 Å². The number of halogens is 2. The highest BCUT2D eigenvalue weighted by Gasteiger charge is 2.27. The highest BCUT2D eigenvalue weighted by molar-refractivity contribution is 6.31. The van der Waals surface area contributed by atoms with Gasteiger partial charge in [0.1, 0.15) is 11.9 Å². The van der Waals surface area contributed by atoms with Crippen molar-refractivity contribution in [3.8, 4) is 0 Å². The molecule has 2 amide bonds. The number of nitrogens with one attached hydrogen (secondary N) is 1. The highest BCUT2D eigenvalue weighted by atomic mass is 35.5. The molecule has 2 atom stereocenters. The zero-order valence-electron chi connectivity index (χ0n) is 16.4. The Bertz CT molecular complexity index is 828. The van der Waals surface area contributed by atoms with Crippen molar-refractivity contribution in [1.29, 1.82) is 0 Å². The van der Waals surface area contributed by atoms with Gasteiger partial charge in [-0.3, -0.25) is 9.59 Å². The Hall–Kier alpha value is -2.40. The maximum absolute atomic E-state index is 14.0. The molecule has 0 unspecified atom stereocenters. The van der Waals surface area contributed by atoms with Crippen molar-refractivity contribution in [1.82, 2.24) is 10.2 Å². The summed E-state index contributed by atoms with van der Waals surface area (Å²) in [5.41, 5.74) is 1.03. The van der Waals surface area contributed by atoms with Crippen molar-refractivity contribution in [3.05, 3.63) is 70.5 Å². The van der Waals surface area contributed by atoms with E-state index in [4.69, 9.17) is 11.6 Å². The number of rotatable bonds is 8. The van der Waals surface area contributed by atoms with E-state index in [0.29, 0.717) is 10.6 Å². The first kappa shape index (κ1) is 21.9. The van der Waals surface area contributed by atoms with Gasteiger partial charge in [0.05, 0.1) is 6.42 Å². The normalized spacial score (nSPS) is 12.9. The van der Waals surface area contributed by atoms with E-state index in [-0.39, 0.29) is 30.8 Å². The van der Waals surface area contributed by atoms with Gasteiger partial charge in [0.2, 0.25) is 11.8 Å². The number of carbonyl (C=O) groups is 2. The van der Waals surface area contributed by atoms with Crippen LogP contribution in [0.4, 0.5) is 4.39 Å². The van der Waals surface area contributed by atoms with E-state index in [9.17, 15) is 14.0 Å². The Labute approximate surface area is 170 Å². The molecule has 0 aliphatic carbocycles. The zero-order valence-corrected chi connectivity index (χ0v) is 17.2. The molecule has 2 aromatic carbocycles. The summed E-state index contributed by atoms with van der Waals surface area (Å²) in [5.74, 6) is -1.02. The lowest BCUT2D eigenvalue weighted by molar-refractivity contribution is -0.140. The minimum atomic E-state index is -0.718. The third kappa shape index (κ3) is 5.80. The van der Waals surface area contributed by atoms with Gasteiger partial charge in [-0.05, 0) is 43.5 Å². The summed E-state index contributed by atoms with van der Waals surface area (Å²) < 4.78 is 14.0. The van der Waals surface area contributed by atoms with Gasteiger partial charge in [-0.15, -0.1) is 0 Å². The van der Waals surface area contributed by atoms with Gasteiger partial charge in [0.15, 0.2) is 0 Å². The molecule has 0 spiro atoms. The van der Waals surface area contributed by atoms with E-state index in [1.807, 2.05) is 26.0 Å². The molecular formula is C22H26ClFN2O2. The van der Waals surface area contributed by atoms with Crippen molar-refractivity contribution in [3.63, 3.8) is 0 Å². The van der Waals surface area contributed by atoms with Gasteiger partial charge in [-0.25, -0.2) is 4.39 Å². The fourth-order valence-corrected chi connectivity index (χ4v) is 2.96. The van der Waals surface area contributed by atoms with Crippen LogP contribution in [0, 0.1) is 5.82 Å². The zero-order chi connectivity index (χ0) is 20.7. The minimum absolute atomic E-state index is 0.00113. The van der Waals surface area contributed by atoms with Crippen molar-refractivity contribution < 1.29 is 14.0 Å². The Balaban J connectivity index is 2.26. The molecule has 28 heavy (non-hydrogen) atoms. The van der Waals surface area contributed by atoms with Crippen LogP contribution in [-0.4, -0.2) is 28.8 Å². The third-order valence-electron chi connectivity index (χ3n) is 4.77. The molecule has 1 N–H and O–H groups in total. The second-order valence-electron chi connectivity index (χ2n) is 6.88. The fraction of sp³-hybridized carbons (Fsp3) is 0.364. The summed E-state index contributed by atoms with van der Waals surface area (Å²) in [7, 11) is 0. The third-order valence-corrected chi connectivity index (χ3v) is 5.14. The maximum Gasteiger partial charge on any atom is 0.242 e. The van der Waals surface area contributed by atoms with Crippen molar-refractivity contribution >= 4 is 23.4 Å². The molecule has 2 aromatic rings. The van der Waals surface area contributed by atoms with E-state index < -0.39 is 11.9 Å². The molecule has 0 bridgehead atoms. The molecule has 0 saturated carbocycles. The number of amides is 2. The van der Waals surface area contributed by atoms with Crippen LogP contribution in [0.5, 0.6) is 0 Å². The molecule has 4 nitrogen and oxygen atoms in total. The lowest BCUT2D eigenvalue weighted by atomic mass is 10.1. The summed E-state index contributed by atoms with van der Waals surface area (Å²) in [5, 5.41) is 3.41. The molecule has 0 aromatic heterocycles. The Kier molecular flexibility index (Phi) is 8.00. The first-order chi connectivity index (χ1) is 13.3. The van der Waals surface area contributed by atoms with Gasteiger partial charge in [0, 0.05) is 17.6 Å². The summed E-state index contributed by atoms with van der Waals surface area (Å²) >= 11 is 6.25. The number of benzene rings is 2. The van der Waals surface area contributed by atoms with E-state index in [1.165, 1.54) is 11.0 Å².